The van der Waals surface area contributed by atoms with Gasteiger partial charge in [0.15, 0.2) is 5.69 Å². The molecule has 1 fully saturated rings. The van der Waals surface area contributed by atoms with Gasteiger partial charge in [-0.25, -0.2) is 0 Å². The van der Waals surface area contributed by atoms with Crippen molar-refractivity contribution < 1.29 is 18.7 Å². The average Bonchev–Trinajstić information content (AvgIpc) is 3.53. The van der Waals surface area contributed by atoms with E-state index >= 15 is 0 Å². The Labute approximate surface area is 198 Å². The van der Waals surface area contributed by atoms with Crippen molar-refractivity contribution in [2.75, 3.05) is 45.9 Å². The molecule has 5 rings (SSSR count). The van der Waals surface area contributed by atoms with Crippen LogP contribution < -0.4 is 5.32 Å². The highest BCUT2D eigenvalue weighted by atomic mass is 16.5. The number of furan rings is 1. The number of aromatic nitrogens is 2. The summed E-state index contributed by atoms with van der Waals surface area (Å²) in [5.74, 6) is 0.458. The smallest absolute Gasteiger partial charge is 0.272 e. The zero-order valence-electron chi connectivity index (χ0n) is 19.3. The number of nitrogens with one attached hydrogen (secondary N) is 1. The van der Waals surface area contributed by atoms with Crippen LogP contribution in [0.15, 0.2) is 47.1 Å². The normalized spacial score (nSPS) is 16.3. The van der Waals surface area contributed by atoms with E-state index in [1.165, 1.54) is 0 Å². The van der Waals surface area contributed by atoms with E-state index in [1.807, 2.05) is 43.4 Å². The third kappa shape index (κ3) is 4.62. The Kier molecular flexibility index (Phi) is 6.46. The van der Waals surface area contributed by atoms with Crippen LogP contribution in [-0.2, 0) is 24.8 Å². The quantitative estimate of drug-likeness (QED) is 0.601. The number of benzene rings is 1. The lowest BCUT2D eigenvalue weighted by Crippen LogP contribution is -2.41. The molecule has 4 heterocycles. The van der Waals surface area contributed by atoms with Crippen molar-refractivity contribution in [3.63, 3.8) is 0 Å². The second kappa shape index (κ2) is 9.82. The van der Waals surface area contributed by atoms with Crippen LogP contribution in [0.3, 0.4) is 0 Å². The molecule has 2 amide bonds. The molecule has 178 valence electrons. The van der Waals surface area contributed by atoms with E-state index in [4.69, 9.17) is 9.15 Å². The summed E-state index contributed by atoms with van der Waals surface area (Å²) in [6.07, 6.45) is 2.27. The minimum Gasteiger partial charge on any atom is -0.464 e. The van der Waals surface area contributed by atoms with Crippen LogP contribution in [-0.4, -0.2) is 77.3 Å². The van der Waals surface area contributed by atoms with Crippen LogP contribution in [0.2, 0.25) is 0 Å². The number of amides is 2. The van der Waals surface area contributed by atoms with E-state index in [9.17, 15) is 9.59 Å². The van der Waals surface area contributed by atoms with Crippen molar-refractivity contribution in [3.05, 3.63) is 65.2 Å². The molecule has 34 heavy (non-hydrogen) atoms. The summed E-state index contributed by atoms with van der Waals surface area (Å²) in [5.41, 5.74) is 3.69. The van der Waals surface area contributed by atoms with Gasteiger partial charge in [-0.3, -0.25) is 19.2 Å². The molecule has 0 atom stereocenters. The van der Waals surface area contributed by atoms with Crippen LogP contribution in [0.1, 0.15) is 32.1 Å². The molecule has 2 aliphatic heterocycles. The maximum Gasteiger partial charge on any atom is 0.272 e. The average molecular weight is 464 g/mol. The summed E-state index contributed by atoms with van der Waals surface area (Å²) < 4.78 is 12.6. The first-order valence-electron chi connectivity index (χ1n) is 11.7. The Morgan fingerprint density at radius 2 is 1.97 bits per heavy atom. The number of morpholine rings is 1. The number of nitrogens with zero attached hydrogens (tertiary/aromatic N) is 4. The number of fused-ring (bicyclic) bond motifs is 1. The Morgan fingerprint density at radius 1 is 1.12 bits per heavy atom. The topological polar surface area (TPSA) is 92.8 Å². The molecule has 0 saturated carbocycles. The molecular weight excluding hydrogens is 434 g/mol. The second-order valence-corrected chi connectivity index (χ2v) is 8.64. The zero-order chi connectivity index (χ0) is 23.5. The number of aryl methyl sites for hydroxylation is 1. The van der Waals surface area contributed by atoms with Gasteiger partial charge < -0.3 is 19.4 Å². The van der Waals surface area contributed by atoms with E-state index in [-0.39, 0.29) is 11.8 Å². The van der Waals surface area contributed by atoms with Gasteiger partial charge in [-0.1, -0.05) is 12.1 Å². The maximum atomic E-state index is 13.3. The summed E-state index contributed by atoms with van der Waals surface area (Å²) in [4.78, 5) is 30.3. The van der Waals surface area contributed by atoms with Crippen LogP contribution in [0.4, 0.5) is 0 Å². The number of carbonyl (C=O) groups is 2. The van der Waals surface area contributed by atoms with Gasteiger partial charge in [-0.15, -0.1) is 0 Å². The lowest BCUT2D eigenvalue weighted by molar-refractivity contribution is 0.0383. The number of hydrogen-bond donors (Lipinski definition) is 1. The lowest BCUT2D eigenvalue weighted by Gasteiger charge is -2.28. The molecule has 0 spiro atoms. The molecule has 3 aromatic rings. The van der Waals surface area contributed by atoms with Crippen LogP contribution in [0.5, 0.6) is 0 Å². The van der Waals surface area contributed by atoms with Crippen LogP contribution in [0.25, 0.3) is 11.3 Å². The Bertz CT molecular complexity index is 1160. The van der Waals surface area contributed by atoms with Crippen LogP contribution >= 0.6 is 0 Å². The molecule has 0 aliphatic carbocycles. The highest BCUT2D eigenvalue weighted by Crippen LogP contribution is 2.25. The molecule has 1 N–H and O–H groups in total. The summed E-state index contributed by atoms with van der Waals surface area (Å²) >= 11 is 0. The first kappa shape index (κ1) is 22.4. The molecule has 9 nitrogen and oxygen atoms in total. The summed E-state index contributed by atoms with van der Waals surface area (Å²) in [7, 11) is 1.85. The van der Waals surface area contributed by atoms with Gasteiger partial charge in [-0.2, -0.15) is 5.10 Å². The van der Waals surface area contributed by atoms with Gasteiger partial charge >= 0.3 is 0 Å². The van der Waals surface area contributed by atoms with E-state index in [1.54, 1.807) is 15.8 Å². The minimum absolute atomic E-state index is 0.0680. The fourth-order valence-electron chi connectivity index (χ4n) is 4.62. The number of carbonyl (C=O) groups excluding carboxylic acids is 2. The first-order valence-corrected chi connectivity index (χ1v) is 11.7. The monoisotopic (exact) mass is 463 g/mol. The van der Waals surface area contributed by atoms with Gasteiger partial charge in [0.2, 0.25) is 0 Å². The molecule has 1 aromatic carbocycles. The van der Waals surface area contributed by atoms with Crippen molar-refractivity contribution in [3.8, 4) is 11.3 Å². The Hall–Kier alpha value is -3.43. The Morgan fingerprint density at radius 3 is 2.76 bits per heavy atom. The summed E-state index contributed by atoms with van der Waals surface area (Å²) in [5, 5.41) is 7.49. The predicted octanol–water partition coefficient (Wildman–Crippen LogP) is 1.94. The van der Waals surface area contributed by atoms with Crippen molar-refractivity contribution in [2.24, 2.45) is 7.05 Å². The van der Waals surface area contributed by atoms with E-state index in [0.29, 0.717) is 37.3 Å². The maximum absolute atomic E-state index is 13.3. The fraction of sp³-hybridized carbons (Fsp3) is 0.400. The van der Waals surface area contributed by atoms with Gasteiger partial charge in [-0.05, 0) is 24.3 Å². The molecule has 9 heteroatoms. The number of ether oxygens (including phenoxy) is 1. The molecule has 2 aliphatic rings. The SMILES string of the molecule is Cn1nc(C(=O)NCCN2CCOCC2)c2c1CCN(C(=O)c1cccc(-c3ccco3)c1)C2. The van der Waals surface area contributed by atoms with Crippen molar-refractivity contribution in [1.29, 1.82) is 0 Å². The lowest BCUT2D eigenvalue weighted by atomic mass is 10.0. The number of rotatable bonds is 6. The molecule has 0 radical (unpaired) electrons. The van der Waals surface area contributed by atoms with E-state index in [2.05, 4.69) is 15.3 Å². The third-order valence-corrected chi connectivity index (χ3v) is 6.48. The van der Waals surface area contributed by atoms with E-state index in [0.717, 1.165) is 55.4 Å². The zero-order valence-corrected chi connectivity index (χ0v) is 19.3. The molecule has 0 unspecified atom stereocenters. The predicted molar refractivity (Wildman–Crippen MR) is 125 cm³/mol. The molecule has 2 aromatic heterocycles. The van der Waals surface area contributed by atoms with Crippen molar-refractivity contribution in [2.45, 2.75) is 13.0 Å². The van der Waals surface area contributed by atoms with Gasteiger partial charge in [0.05, 0.1) is 26.0 Å². The first-order chi connectivity index (χ1) is 16.6. The third-order valence-electron chi connectivity index (χ3n) is 6.48. The minimum atomic E-state index is -0.195. The highest BCUT2D eigenvalue weighted by molar-refractivity contribution is 5.97. The van der Waals surface area contributed by atoms with Gasteiger partial charge in [0.1, 0.15) is 5.76 Å². The summed E-state index contributed by atoms with van der Waals surface area (Å²) in [6.45, 7) is 5.49. The Balaban J connectivity index is 1.27. The van der Waals surface area contributed by atoms with Crippen LogP contribution in [0, 0.1) is 0 Å². The molecule has 0 bridgehead atoms. The highest BCUT2D eigenvalue weighted by Gasteiger charge is 2.30. The summed E-state index contributed by atoms with van der Waals surface area (Å²) in [6, 6.07) is 11.1. The number of hydrogen-bond acceptors (Lipinski definition) is 6. The van der Waals surface area contributed by atoms with Gasteiger partial charge in [0.25, 0.3) is 11.8 Å². The van der Waals surface area contributed by atoms with Crippen molar-refractivity contribution >= 4 is 11.8 Å². The molecule has 1 saturated heterocycles. The van der Waals surface area contributed by atoms with Crippen molar-refractivity contribution in [1.82, 2.24) is 24.9 Å². The second-order valence-electron chi connectivity index (χ2n) is 8.64. The van der Waals surface area contributed by atoms with E-state index < -0.39 is 0 Å². The standard InChI is InChI=1S/C25H29N5O4/c1-28-21-7-9-30(25(32)19-5-2-4-18(16-19)22-6-3-13-34-22)17-20(21)23(27-28)24(31)26-8-10-29-11-14-33-15-12-29/h2-6,13,16H,7-12,14-15,17H2,1H3,(H,26,31). The van der Waals surface area contributed by atoms with Gasteiger partial charge in [0, 0.05) is 68.6 Å². The fourth-order valence-corrected chi connectivity index (χ4v) is 4.62. The largest absolute Gasteiger partial charge is 0.464 e. The molecular formula is C25H29N5O4.